The minimum atomic E-state index is -0.0666. The number of rotatable bonds is 7. The molecule has 1 amide bonds. The number of amides is 1. The molecule has 0 saturated heterocycles. The van der Waals surface area contributed by atoms with Gasteiger partial charge in [0.2, 0.25) is 0 Å². The molecule has 34 heavy (non-hydrogen) atoms. The molecule has 2 aromatic carbocycles. The van der Waals surface area contributed by atoms with Crippen LogP contribution in [0.2, 0.25) is 0 Å². The fourth-order valence-electron chi connectivity index (χ4n) is 4.19. The van der Waals surface area contributed by atoms with Crippen LogP contribution in [0.25, 0.3) is 11.5 Å². The van der Waals surface area contributed by atoms with E-state index in [4.69, 9.17) is 14.6 Å². The van der Waals surface area contributed by atoms with E-state index in [1.165, 1.54) is 11.1 Å². The minimum Gasteiger partial charge on any atom is -0.494 e. The molecule has 1 aliphatic heterocycles. The van der Waals surface area contributed by atoms with Crippen molar-refractivity contribution >= 4 is 5.91 Å². The van der Waals surface area contributed by atoms with Crippen molar-refractivity contribution in [2.24, 2.45) is 0 Å². The zero-order valence-electron chi connectivity index (χ0n) is 19.7. The van der Waals surface area contributed by atoms with Crippen LogP contribution < -0.4 is 9.47 Å². The number of carbonyl (C=O) groups is 1. The highest BCUT2D eigenvalue weighted by Gasteiger charge is 2.31. The molecule has 1 aliphatic rings. The van der Waals surface area contributed by atoms with E-state index >= 15 is 0 Å². The van der Waals surface area contributed by atoms with E-state index in [9.17, 15) is 4.79 Å². The Kier molecular flexibility index (Phi) is 5.84. The summed E-state index contributed by atoms with van der Waals surface area (Å²) in [5.41, 5.74) is 5.45. The van der Waals surface area contributed by atoms with Crippen molar-refractivity contribution in [1.29, 1.82) is 0 Å². The summed E-state index contributed by atoms with van der Waals surface area (Å²) >= 11 is 0. The van der Waals surface area contributed by atoms with Crippen molar-refractivity contribution in [2.45, 2.75) is 33.9 Å². The van der Waals surface area contributed by atoms with Gasteiger partial charge < -0.3 is 18.9 Å². The molecule has 3 heterocycles. The number of fused-ring (bicyclic) bond motifs is 1. The second kappa shape index (κ2) is 9.09. The number of ether oxygens (including phenoxy) is 2. The molecule has 0 bridgehead atoms. The second-order valence-corrected chi connectivity index (χ2v) is 8.46. The molecule has 0 saturated carbocycles. The first-order valence-corrected chi connectivity index (χ1v) is 11.5. The van der Waals surface area contributed by atoms with Crippen molar-refractivity contribution in [1.82, 2.24) is 19.2 Å². The summed E-state index contributed by atoms with van der Waals surface area (Å²) in [5.74, 6) is 2.32. The zero-order valence-corrected chi connectivity index (χ0v) is 19.7. The minimum absolute atomic E-state index is 0.0196. The Labute approximate surface area is 199 Å². The molecule has 5 rings (SSSR count). The molecule has 0 radical (unpaired) electrons. The maximum atomic E-state index is 12.9. The molecule has 0 unspecified atom stereocenters. The lowest BCUT2D eigenvalue weighted by atomic mass is 10.1. The maximum absolute atomic E-state index is 12.9. The fourth-order valence-corrected chi connectivity index (χ4v) is 4.19. The van der Waals surface area contributed by atoms with Crippen LogP contribution in [0.1, 0.15) is 29.3 Å². The SMILES string of the molecule is CCOc1ccc(OCC(=O)N2Cc3nn(-c4ccc(C)c(C)c4)c(-n4cccc4)c3C2)cc1. The Balaban J connectivity index is 1.34. The summed E-state index contributed by atoms with van der Waals surface area (Å²) < 4.78 is 15.2. The molecule has 2 aromatic heterocycles. The van der Waals surface area contributed by atoms with Gasteiger partial charge in [-0.1, -0.05) is 6.07 Å². The Hall–Kier alpha value is -4.00. The highest BCUT2D eigenvalue weighted by atomic mass is 16.5. The quantitative estimate of drug-likeness (QED) is 0.408. The summed E-state index contributed by atoms with van der Waals surface area (Å²) in [5, 5.41) is 4.91. The van der Waals surface area contributed by atoms with Crippen molar-refractivity contribution in [3.05, 3.63) is 89.4 Å². The van der Waals surface area contributed by atoms with Crippen LogP contribution in [0.15, 0.2) is 67.0 Å². The highest BCUT2D eigenvalue weighted by Crippen LogP contribution is 2.31. The van der Waals surface area contributed by atoms with Crippen molar-refractivity contribution in [3.8, 4) is 23.0 Å². The van der Waals surface area contributed by atoms with Gasteiger partial charge in [0, 0.05) is 18.0 Å². The van der Waals surface area contributed by atoms with E-state index in [2.05, 4.69) is 36.6 Å². The number of nitrogens with zero attached hydrogens (tertiary/aromatic N) is 4. The number of hydrogen-bond acceptors (Lipinski definition) is 4. The number of carbonyl (C=O) groups excluding carboxylic acids is 1. The Morgan fingerprint density at radius 2 is 1.65 bits per heavy atom. The van der Waals surface area contributed by atoms with Crippen LogP contribution in [-0.4, -0.2) is 38.4 Å². The molecule has 4 aromatic rings. The maximum Gasteiger partial charge on any atom is 0.261 e. The first-order valence-electron chi connectivity index (χ1n) is 11.5. The summed E-state index contributed by atoms with van der Waals surface area (Å²) in [7, 11) is 0. The van der Waals surface area contributed by atoms with Gasteiger partial charge in [-0.3, -0.25) is 4.79 Å². The van der Waals surface area contributed by atoms with Crippen LogP contribution in [0.4, 0.5) is 0 Å². The Bertz CT molecular complexity index is 1310. The topological polar surface area (TPSA) is 61.5 Å². The van der Waals surface area contributed by atoms with E-state index in [0.717, 1.165) is 28.5 Å². The lowest BCUT2D eigenvalue weighted by molar-refractivity contribution is -0.134. The van der Waals surface area contributed by atoms with Crippen molar-refractivity contribution in [2.75, 3.05) is 13.2 Å². The van der Waals surface area contributed by atoms with Gasteiger partial charge in [-0.05, 0) is 80.4 Å². The molecular weight excluding hydrogens is 428 g/mol. The molecule has 0 aliphatic carbocycles. The van der Waals surface area contributed by atoms with Crippen LogP contribution >= 0.6 is 0 Å². The van der Waals surface area contributed by atoms with E-state index in [-0.39, 0.29) is 12.5 Å². The average molecular weight is 457 g/mol. The van der Waals surface area contributed by atoms with Crippen LogP contribution in [0.3, 0.4) is 0 Å². The van der Waals surface area contributed by atoms with Gasteiger partial charge in [-0.2, -0.15) is 5.10 Å². The fraction of sp³-hybridized carbons (Fsp3) is 0.259. The number of aryl methyl sites for hydroxylation is 2. The molecule has 0 N–H and O–H groups in total. The molecule has 7 nitrogen and oxygen atoms in total. The van der Waals surface area contributed by atoms with Crippen LogP contribution in [0.5, 0.6) is 11.5 Å². The Morgan fingerprint density at radius 3 is 2.32 bits per heavy atom. The second-order valence-electron chi connectivity index (χ2n) is 8.46. The van der Waals surface area contributed by atoms with Gasteiger partial charge in [0.15, 0.2) is 6.61 Å². The van der Waals surface area contributed by atoms with E-state index in [1.807, 2.05) is 60.4 Å². The predicted octanol–water partition coefficient (Wildman–Crippen LogP) is 4.60. The van der Waals surface area contributed by atoms with Gasteiger partial charge >= 0.3 is 0 Å². The predicted molar refractivity (Wildman–Crippen MR) is 130 cm³/mol. The third-order valence-corrected chi connectivity index (χ3v) is 6.16. The van der Waals surface area contributed by atoms with Gasteiger partial charge in [0.1, 0.15) is 17.3 Å². The van der Waals surface area contributed by atoms with Crippen molar-refractivity contribution < 1.29 is 14.3 Å². The first-order chi connectivity index (χ1) is 16.5. The normalized spacial score (nSPS) is 12.6. The molecule has 7 heteroatoms. The summed E-state index contributed by atoms with van der Waals surface area (Å²) in [6.45, 7) is 7.71. The summed E-state index contributed by atoms with van der Waals surface area (Å²) in [4.78, 5) is 14.7. The van der Waals surface area contributed by atoms with Crippen molar-refractivity contribution in [3.63, 3.8) is 0 Å². The van der Waals surface area contributed by atoms with Crippen LogP contribution in [-0.2, 0) is 17.9 Å². The lowest BCUT2D eigenvalue weighted by Gasteiger charge is -2.18. The van der Waals surface area contributed by atoms with Gasteiger partial charge in [0.25, 0.3) is 5.91 Å². The average Bonchev–Trinajstić information content (AvgIpc) is 3.57. The molecule has 0 spiro atoms. The monoisotopic (exact) mass is 456 g/mol. The standard InChI is InChI=1S/C27H28N4O3/c1-4-33-22-9-11-23(12-10-22)34-18-26(32)30-16-24-25(17-30)28-31(27(24)29-13-5-6-14-29)21-8-7-19(2)20(3)15-21/h5-15H,4,16-18H2,1-3H3. The summed E-state index contributed by atoms with van der Waals surface area (Å²) in [6.07, 6.45) is 4.02. The number of aromatic nitrogens is 3. The van der Waals surface area contributed by atoms with Gasteiger partial charge in [-0.15, -0.1) is 0 Å². The lowest BCUT2D eigenvalue weighted by Crippen LogP contribution is -2.31. The highest BCUT2D eigenvalue weighted by molar-refractivity contribution is 5.78. The molecular formula is C27H28N4O3. The smallest absolute Gasteiger partial charge is 0.261 e. The third-order valence-electron chi connectivity index (χ3n) is 6.16. The first kappa shape index (κ1) is 21.8. The molecule has 0 fully saturated rings. The molecule has 174 valence electrons. The van der Waals surface area contributed by atoms with E-state index < -0.39 is 0 Å². The third kappa shape index (κ3) is 4.17. The van der Waals surface area contributed by atoms with E-state index in [0.29, 0.717) is 25.4 Å². The largest absolute Gasteiger partial charge is 0.494 e. The van der Waals surface area contributed by atoms with Gasteiger partial charge in [-0.25, -0.2) is 4.68 Å². The zero-order chi connectivity index (χ0) is 23.7. The Morgan fingerprint density at radius 1 is 0.941 bits per heavy atom. The number of benzene rings is 2. The number of hydrogen-bond donors (Lipinski definition) is 0. The molecule has 0 atom stereocenters. The summed E-state index contributed by atoms with van der Waals surface area (Å²) in [6, 6.07) is 17.7. The van der Waals surface area contributed by atoms with Gasteiger partial charge in [0.05, 0.1) is 31.1 Å². The van der Waals surface area contributed by atoms with E-state index in [1.54, 1.807) is 4.90 Å². The van der Waals surface area contributed by atoms with Crippen LogP contribution in [0, 0.1) is 13.8 Å².